The minimum Gasteiger partial charge on any atom is -0.445 e. The molecule has 0 radical (unpaired) electrons. The average molecular weight is 597 g/mol. The van der Waals surface area contributed by atoms with Gasteiger partial charge in [0.15, 0.2) is 6.29 Å². The van der Waals surface area contributed by atoms with E-state index in [0.717, 1.165) is 44.2 Å². The Morgan fingerprint density at radius 3 is 2.49 bits per heavy atom. The van der Waals surface area contributed by atoms with Gasteiger partial charge in [-0.15, -0.1) is 11.8 Å². The van der Waals surface area contributed by atoms with Gasteiger partial charge >= 0.3 is 6.09 Å². The van der Waals surface area contributed by atoms with Gasteiger partial charge in [0.2, 0.25) is 0 Å². The maximum atomic E-state index is 11.8. The molecule has 7 nitrogen and oxygen atoms in total. The first-order valence-electron chi connectivity index (χ1n) is 14.3. The second-order valence-corrected chi connectivity index (χ2v) is 11.4. The number of carbonyl (C=O) groups is 1. The molecule has 0 aliphatic carbocycles. The molecule has 4 atom stereocenters. The van der Waals surface area contributed by atoms with Crippen molar-refractivity contribution in [2.45, 2.75) is 43.6 Å². The van der Waals surface area contributed by atoms with Crippen molar-refractivity contribution < 1.29 is 24.1 Å². The number of alkyl carbamates (subject to hydrolysis) is 1. The van der Waals surface area contributed by atoms with Crippen LogP contribution in [0, 0.1) is 5.92 Å². The lowest BCUT2D eigenvalue weighted by Crippen LogP contribution is -2.38. The molecule has 1 aliphatic heterocycles. The van der Waals surface area contributed by atoms with Gasteiger partial charge in [0.05, 0.1) is 23.8 Å². The molecule has 2 N–H and O–H groups in total. The first-order valence-corrected chi connectivity index (χ1v) is 15.3. The fourth-order valence-electron chi connectivity index (χ4n) is 4.96. The summed E-state index contributed by atoms with van der Waals surface area (Å²) in [6.07, 6.45) is 2.06. The Kier molecular flexibility index (Phi) is 10.6. The molecule has 3 aromatic carbocycles. The third kappa shape index (κ3) is 8.12. The van der Waals surface area contributed by atoms with Crippen LogP contribution in [0.2, 0.25) is 0 Å². The predicted octanol–water partition coefficient (Wildman–Crippen LogP) is 7.24. The fourth-order valence-corrected chi connectivity index (χ4v) is 5.99. The highest BCUT2D eigenvalue weighted by molar-refractivity contribution is 7.99. The van der Waals surface area contributed by atoms with Gasteiger partial charge in [0, 0.05) is 30.0 Å². The van der Waals surface area contributed by atoms with E-state index in [-0.39, 0.29) is 31.3 Å². The Bertz CT molecular complexity index is 1480. The average Bonchev–Trinajstić information content (AvgIpc) is 3.06. The minimum atomic E-state index is -0.542. The van der Waals surface area contributed by atoms with Gasteiger partial charge < -0.3 is 24.6 Å². The molecule has 0 spiro atoms. The van der Waals surface area contributed by atoms with Gasteiger partial charge in [-0.3, -0.25) is 0 Å². The van der Waals surface area contributed by atoms with Crippen LogP contribution in [0.3, 0.4) is 0 Å². The Morgan fingerprint density at radius 2 is 1.77 bits per heavy atom. The molecule has 1 aliphatic rings. The molecular formula is C35H36N2O5S. The first-order chi connectivity index (χ1) is 21.0. The summed E-state index contributed by atoms with van der Waals surface area (Å²) in [5, 5.41) is 13.2. The maximum Gasteiger partial charge on any atom is 0.407 e. The molecule has 222 valence electrons. The van der Waals surface area contributed by atoms with E-state index >= 15 is 0 Å². The summed E-state index contributed by atoms with van der Waals surface area (Å²) in [6.45, 7) is 6.25. The molecule has 43 heavy (non-hydrogen) atoms. The molecule has 0 saturated carbocycles. The van der Waals surface area contributed by atoms with Crippen LogP contribution in [0.1, 0.15) is 41.6 Å². The molecule has 0 bridgehead atoms. The second-order valence-electron chi connectivity index (χ2n) is 10.4. The number of nitrogens with zero attached hydrogens (tertiary/aromatic N) is 1. The van der Waals surface area contributed by atoms with Gasteiger partial charge in [0.1, 0.15) is 6.61 Å². The molecule has 2 heterocycles. The first kappa shape index (κ1) is 30.5. The summed E-state index contributed by atoms with van der Waals surface area (Å²) in [5.74, 6) is 0.834. The lowest BCUT2D eigenvalue weighted by molar-refractivity contribution is -0.268. The van der Waals surface area contributed by atoms with E-state index in [1.54, 1.807) is 18.0 Å². The van der Waals surface area contributed by atoms with Gasteiger partial charge in [0.25, 0.3) is 0 Å². The summed E-state index contributed by atoms with van der Waals surface area (Å²) in [4.78, 5) is 16.3. The van der Waals surface area contributed by atoms with Crippen molar-refractivity contribution in [3.63, 3.8) is 0 Å². The van der Waals surface area contributed by atoms with Crippen LogP contribution in [0.5, 0.6) is 0 Å². The minimum absolute atomic E-state index is 0.00444. The van der Waals surface area contributed by atoms with Crippen LogP contribution in [0.4, 0.5) is 4.79 Å². The number of carbonyl (C=O) groups excluding carboxylic acids is 1. The Morgan fingerprint density at radius 1 is 0.977 bits per heavy atom. The van der Waals surface area contributed by atoms with Crippen molar-refractivity contribution in [3.8, 4) is 11.1 Å². The highest BCUT2D eigenvalue weighted by Crippen LogP contribution is 2.43. The molecule has 1 fully saturated rings. The van der Waals surface area contributed by atoms with E-state index in [0.29, 0.717) is 6.54 Å². The highest BCUT2D eigenvalue weighted by Gasteiger charge is 2.38. The number of rotatable bonds is 11. The van der Waals surface area contributed by atoms with E-state index in [1.165, 1.54) is 6.08 Å². The van der Waals surface area contributed by atoms with Gasteiger partial charge in [-0.1, -0.05) is 92.4 Å². The van der Waals surface area contributed by atoms with Gasteiger partial charge in [-0.2, -0.15) is 0 Å². The second kappa shape index (κ2) is 15.0. The van der Waals surface area contributed by atoms with E-state index in [1.807, 2.05) is 72.8 Å². The van der Waals surface area contributed by atoms with Crippen molar-refractivity contribution >= 4 is 17.9 Å². The molecule has 1 saturated heterocycles. The number of pyridine rings is 1. The number of nitrogens with one attached hydrogen (secondary N) is 1. The van der Waals surface area contributed by atoms with Crippen molar-refractivity contribution in [3.05, 3.63) is 132 Å². The Labute approximate surface area is 256 Å². The number of aliphatic hydroxyl groups is 1. The smallest absolute Gasteiger partial charge is 0.407 e. The van der Waals surface area contributed by atoms with E-state index in [9.17, 15) is 9.90 Å². The summed E-state index contributed by atoms with van der Waals surface area (Å²) in [5.41, 5.74) is 5.90. The number of aromatic nitrogens is 1. The standard InChI is InChI=1S/C35H36N2O5S/c1-3-19-40-35(39)37-21-26-7-6-8-30(20-26)27-14-16-29(17-15-27)34-41-31(23-43-32-9-4-5-18-36-32)24(2)33(42-34)28-12-10-25(22-38)11-13-28/h3-18,20,24,31,33-34,38H,1,19,21-23H2,2H3,(H,37,39)/t24-,31+,33+,34+/m1/s1. The van der Waals surface area contributed by atoms with Crippen LogP contribution >= 0.6 is 11.8 Å². The SMILES string of the molecule is C=CCOC(=O)NCc1cccc(-c2ccc([C@H]3O[C@@H](CSc4ccccn4)[C@@H](C)[C@@H](c4ccc(CO)cc4)O3)cc2)c1. The molecule has 4 aromatic rings. The number of benzene rings is 3. The normalized spacial score (nSPS) is 19.9. The van der Waals surface area contributed by atoms with Gasteiger partial charge in [-0.25, -0.2) is 9.78 Å². The number of thioether (sulfide) groups is 1. The number of aliphatic hydroxyl groups excluding tert-OH is 1. The van der Waals surface area contributed by atoms with Crippen molar-refractivity contribution in [1.82, 2.24) is 10.3 Å². The molecule has 8 heteroatoms. The van der Waals surface area contributed by atoms with Crippen LogP contribution in [0.15, 0.2) is 115 Å². The largest absolute Gasteiger partial charge is 0.445 e. The van der Waals surface area contributed by atoms with E-state index in [2.05, 4.69) is 42.0 Å². The van der Waals surface area contributed by atoms with Crippen molar-refractivity contribution in [2.75, 3.05) is 12.4 Å². The summed E-state index contributed by atoms with van der Waals surface area (Å²) >= 11 is 1.68. The number of amides is 1. The lowest BCUT2D eigenvalue weighted by Gasteiger charge is -2.41. The van der Waals surface area contributed by atoms with Crippen LogP contribution in [0.25, 0.3) is 11.1 Å². The zero-order chi connectivity index (χ0) is 30.0. The molecule has 1 amide bonds. The number of hydrogen-bond donors (Lipinski definition) is 2. The monoisotopic (exact) mass is 596 g/mol. The third-order valence-electron chi connectivity index (χ3n) is 7.37. The summed E-state index contributed by atoms with van der Waals surface area (Å²) in [6, 6.07) is 30.1. The topological polar surface area (TPSA) is 89.9 Å². The zero-order valence-corrected chi connectivity index (χ0v) is 24.9. The van der Waals surface area contributed by atoms with Crippen LogP contribution < -0.4 is 5.32 Å². The van der Waals surface area contributed by atoms with Gasteiger partial charge in [-0.05, 0) is 46.0 Å². The van der Waals surface area contributed by atoms with Crippen molar-refractivity contribution in [2.24, 2.45) is 5.92 Å². The maximum absolute atomic E-state index is 11.8. The van der Waals surface area contributed by atoms with Crippen LogP contribution in [-0.2, 0) is 27.4 Å². The van der Waals surface area contributed by atoms with E-state index in [4.69, 9.17) is 14.2 Å². The Balaban J connectivity index is 1.32. The molecular weight excluding hydrogens is 560 g/mol. The quantitative estimate of drug-likeness (QED) is 0.139. The van der Waals surface area contributed by atoms with Crippen LogP contribution in [-0.4, -0.2) is 34.6 Å². The fraction of sp³-hybridized carbons (Fsp3) is 0.257. The summed E-state index contributed by atoms with van der Waals surface area (Å²) < 4.78 is 18.2. The molecule has 1 aromatic heterocycles. The number of ether oxygens (including phenoxy) is 3. The number of hydrogen-bond acceptors (Lipinski definition) is 7. The molecule has 5 rings (SSSR count). The van der Waals surface area contributed by atoms with E-state index < -0.39 is 12.4 Å². The summed E-state index contributed by atoms with van der Waals surface area (Å²) in [7, 11) is 0. The third-order valence-corrected chi connectivity index (χ3v) is 8.40. The van der Waals surface area contributed by atoms with Crippen molar-refractivity contribution in [1.29, 1.82) is 0 Å². The Hall–Kier alpha value is -3.95. The highest BCUT2D eigenvalue weighted by atomic mass is 32.2. The lowest BCUT2D eigenvalue weighted by atomic mass is 9.91. The predicted molar refractivity (Wildman–Crippen MR) is 168 cm³/mol. The molecule has 0 unspecified atom stereocenters. The zero-order valence-electron chi connectivity index (χ0n) is 24.1.